The van der Waals surface area contributed by atoms with Gasteiger partial charge < -0.3 is 4.74 Å². The molecule has 1 saturated carbocycles. The highest BCUT2D eigenvalue weighted by atomic mass is 35.5. The molecule has 0 aromatic heterocycles. The summed E-state index contributed by atoms with van der Waals surface area (Å²) in [7, 11) is 0. The molecule has 0 radical (unpaired) electrons. The summed E-state index contributed by atoms with van der Waals surface area (Å²) in [5.41, 5.74) is 0.328. The fourth-order valence-electron chi connectivity index (χ4n) is 6.17. The van der Waals surface area contributed by atoms with Crippen LogP contribution < -0.4 is 0 Å². The van der Waals surface area contributed by atoms with Crippen molar-refractivity contribution in [2.75, 3.05) is 6.61 Å². The number of ketones is 3. The number of carbonyl (C=O) groups is 4. The lowest BCUT2D eigenvalue weighted by Crippen LogP contribution is -2.54. The lowest BCUT2D eigenvalue weighted by molar-refractivity contribution is -0.146. The van der Waals surface area contributed by atoms with Gasteiger partial charge in [0, 0.05) is 47.1 Å². The third kappa shape index (κ3) is 2.97. The molecule has 0 spiro atoms. The third-order valence-corrected chi connectivity index (χ3v) is 7.88. The van der Waals surface area contributed by atoms with Gasteiger partial charge in [0.1, 0.15) is 5.78 Å². The van der Waals surface area contributed by atoms with E-state index in [4.69, 9.17) is 16.3 Å². The molecule has 0 N–H and O–H groups in total. The zero-order chi connectivity index (χ0) is 21.1. The minimum absolute atomic E-state index is 0.0523. The molecule has 0 heterocycles. The quantitative estimate of drug-likeness (QED) is 0.655. The van der Waals surface area contributed by atoms with Gasteiger partial charge in [-0.3, -0.25) is 19.2 Å². The Balaban J connectivity index is 1.71. The second-order valence-electron chi connectivity index (χ2n) is 9.24. The van der Waals surface area contributed by atoms with E-state index < -0.39 is 16.8 Å². The molecule has 0 unspecified atom stereocenters. The summed E-state index contributed by atoms with van der Waals surface area (Å²) < 4.78 is 4.90. The van der Waals surface area contributed by atoms with Crippen LogP contribution in [-0.2, 0) is 23.9 Å². The number of hydrogen-bond acceptors (Lipinski definition) is 5. The van der Waals surface area contributed by atoms with Crippen LogP contribution in [-0.4, -0.2) is 29.9 Å². The molecule has 5 atom stereocenters. The average molecular weight is 417 g/mol. The number of rotatable bonds is 3. The van der Waals surface area contributed by atoms with Gasteiger partial charge >= 0.3 is 5.97 Å². The molecule has 1 fully saturated rings. The lowest BCUT2D eigenvalue weighted by atomic mass is 9.48. The monoisotopic (exact) mass is 416 g/mol. The predicted molar refractivity (Wildman–Crippen MR) is 107 cm³/mol. The first-order chi connectivity index (χ1) is 13.6. The van der Waals surface area contributed by atoms with Gasteiger partial charge in [-0.1, -0.05) is 37.6 Å². The van der Waals surface area contributed by atoms with Gasteiger partial charge in [-0.2, -0.15) is 0 Å². The van der Waals surface area contributed by atoms with Crippen molar-refractivity contribution < 1.29 is 23.9 Å². The van der Waals surface area contributed by atoms with Gasteiger partial charge in [-0.05, 0) is 36.3 Å². The minimum Gasteiger partial charge on any atom is -0.457 e. The summed E-state index contributed by atoms with van der Waals surface area (Å²) >= 11 is 6.62. The summed E-state index contributed by atoms with van der Waals surface area (Å²) in [5, 5.41) is 0.554. The maximum absolute atomic E-state index is 13.5. The van der Waals surface area contributed by atoms with Gasteiger partial charge in [0.25, 0.3) is 0 Å². The number of esters is 1. The van der Waals surface area contributed by atoms with Crippen molar-refractivity contribution in [3.05, 3.63) is 34.4 Å². The van der Waals surface area contributed by atoms with Crippen LogP contribution in [0.3, 0.4) is 0 Å². The topological polar surface area (TPSA) is 77.5 Å². The lowest BCUT2D eigenvalue weighted by Gasteiger charge is -2.54. The number of halogens is 1. The highest BCUT2D eigenvalue weighted by Crippen LogP contribution is 2.64. The average Bonchev–Trinajstić information content (AvgIpc) is 2.97. The molecular weight excluding hydrogens is 392 g/mol. The zero-order valence-electron chi connectivity index (χ0n) is 16.9. The van der Waals surface area contributed by atoms with E-state index >= 15 is 0 Å². The molecule has 0 amide bonds. The second-order valence-corrected chi connectivity index (χ2v) is 9.64. The van der Waals surface area contributed by atoms with Crippen LogP contribution in [0.2, 0.25) is 0 Å². The Kier molecular flexibility index (Phi) is 4.73. The number of fused-ring (bicyclic) bond motifs is 5. The van der Waals surface area contributed by atoms with E-state index in [1.54, 1.807) is 6.08 Å². The first-order valence-corrected chi connectivity index (χ1v) is 10.5. The molecule has 4 aliphatic rings. The van der Waals surface area contributed by atoms with Crippen LogP contribution in [0.1, 0.15) is 46.5 Å². The standard InChI is InChI=1S/C23H25ClO5/c1-12(25)29-11-20(28)16-5-4-15-14-9-18(24)17-8-13(26)6-7-22(17,2)21(14)19(27)10-23(15,16)3/h5,8-9,14-15,21H,4,6-7,10-11H2,1-3H3/t14-,15-,21+,22-,23-/m0/s1. The van der Waals surface area contributed by atoms with Crippen LogP contribution in [0, 0.1) is 28.6 Å². The Bertz CT molecular complexity index is 926. The summed E-state index contributed by atoms with van der Waals surface area (Å²) in [5.74, 6) is -0.817. The van der Waals surface area contributed by atoms with Gasteiger partial charge in [-0.15, -0.1) is 0 Å². The fraction of sp³-hybridized carbons (Fsp3) is 0.565. The van der Waals surface area contributed by atoms with Crippen molar-refractivity contribution in [1.29, 1.82) is 0 Å². The zero-order valence-corrected chi connectivity index (χ0v) is 17.7. The van der Waals surface area contributed by atoms with Crippen LogP contribution in [0.15, 0.2) is 34.4 Å². The number of ether oxygens (including phenoxy) is 1. The Morgan fingerprint density at radius 1 is 1.24 bits per heavy atom. The Labute approximate surface area is 175 Å². The largest absolute Gasteiger partial charge is 0.457 e. The minimum atomic E-state index is -0.592. The van der Waals surface area contributed by atoms with E-state index in [0.717, 1.165) is 5.57 Å². The van der Waals surface area contributed by atoms with Crippen molar-refractivity contribution in [3.63, 3.8) is 0 Å². The highest BCUT2D eigenvalue weighted by Gasteiger charge is 2.61. The van der Waals surface area contributed by atoms with Gasteiger partial charge in [-0.25, -0.2) is 0 Å². The first kappa shape index (κ1) is 20.3. The number of allylic oxidation sites excluding steroid dienone is 5. The highest BCUT2D eigenvalue weighted by molar-refractivity contribution is 6.32. The van der Waals surface area contributed by atoms with E-state index in [0.29, 0.717) is 29.9 Å². The molecule has 0 aromatic carbocycles. The van der Waals surface area contributed by atoms with Crippen molar-refractivity contribution in [3.8, 4) is 0 Å². The van der Waals surface area contributed by atoms with E-state index in [-0.39, 0.29) is 48.1 Å². The second kappa shape index (κ2) is 6.76. The van der Waals surface area contributed by atoms with E-state index in [1.807, 2.05) is 26.0 Å². The maximum Gasteiger partial charge on any atom is 0.303 e. The van der Waals surface area contributed by atoms with Crippen LogP contribution in [0.25, 0.3) is 0 Å². The summed E-state index contributed by atoms with van der Waals surface area (Å²) in [6.07, 6.45) is 7.45. The molecule has 0 aromatic rings. The van der Waals surface area contributed by atoms with Crippen LogP contribution in [0.4, 0.5) is 0 Å². The Morgan fingerprint density at radius 2 is 1.97 bits per heavy atom. The van der Waals surface area contributed by atoms with Crippen molar-refractivity contribution in [2.24, 2.45) is 28.6 Å². The van der Waals surface area contributed by atoms with Crippen LogP contribution in [0.5, 0.6) is 0 Å². The molecule has 4 rings (SSSR count). The van der Waals surface area contributed by atoms with Crippen molar-refractivity contribution >= 4 is 34.9 Å². The van der Waals surface area contributed by atoms with E-state index in [2.05, 4.69) is 0 Å². The SMILES string of the molecule is CC(=O)OCC(=O)C1=CC[C@H]2[C@@H]3C=C(Cl)C4=CC(=O)CC[C@]4(C)[C@H]3C(=O)C[C@]12C. The number of hydrogen-bond donors (Lipinski definition) is 0. The Hall–Kier alpha value is -2.01. The van der Waals surface area contributed by atoms with Gasteiger partial charge in [0.15, 0.2) is 18.2 Å². The molecular formula is C23H25ClO5. The molecule has 0 aliphatic heterocycles. The molecule has 4 aliphatic carbocycles. The van der Waals surface area contributed by atoms with Crippen molar-refractivity contribution in [1.82, 2.24) is 0 Å². The molecule has 5 nitrogen and oxygen atoms in total. The van der Waals surface area contributed by atoms with E-state index in [1.165, 1.54) is 6.92 Å². The fourth-order valence-corrected chi connectivity index (χ4v) is 6.59. The first-order valence-electron chi connectivity index (χ1n) is 10.1. The van der Waals surface area contributed by atoms with Crippen molar-refractivity contribution in [2.45, 2.75) is 46.5 Å². The molecule has 29 heavy (non-hydrogen) atoms. The van der Waals surface area contributed by atoms with E-state index in [9.17, 15) is 19.2 Å². The molecule has 0 bridgehead atoms. The maximum atomic E-state index is 13.5. The predicted octanol–water partition coefficient (Wildman–Crippen LogP) is 3.71. The molecule has 6 heteroatoms. The van der Waals surface area contributed by atoms with Crippen LogP contribution >= 0.6 is 11.6 Å². The third-order valence-electron chi connectivity index (χ3n) is 7.55. The molecule has 0 saturated heterocycles. The molecule has 154 valence electrons. The summed E-state index contributed by atoms with van der Waals surface area (Å²) in [4.78, 5) is 49.2. The smallest absolute Gasteiger partial charge is 0.303 e. The summed E-state index contributed by atoms with van der Waals surface area (Å²) in [6.45, 7) is 4.99. The van der Waals surface area contributed by atoms with Gasteiger partial charge in [0.2, 0.25) is 0 Å². The number of Topliss-reactive ketones (excluding diaryl/α,β-unsaturated/α-hetero) is 2. The Morgan fingerprint density at radius 3 is 2.66 bits per heavy atom. The van der Waals surface area contributed by atoms with Gasteiger partial charge in [0.05, 0.1) is 0 Å². The summed E-state index contributed by atoms with van der Waals surface area (Å²) in [6, 6.07) is 0. The normalized spacial score (nSPS) is 38.2. The number of carbonyl (C=O) groups excluding carboxylic acids is 4.